The molecule has 2 amide bonds. The van der Waals surface area contributed by atoms with Gasteiger partial charge in [0.2, 0.25) is 0 Å². The van der Waals surface area contributed by atoms with E-state index in [4.69, 9.17) is 0 Å². The van der Waals surface area contributed by atoms with Crippen molar-refractivity contribution in [3.8, 4) is 0 Å². The molecule has 1 N–H and O–H groups in total. The van der Waals surface area contributed by atoms with Gasteiger partial charge in [0.15, 0.2) is 0 Å². The number of urea groups is 1. The van der Waals surface area contributed by atoms with Crippen LogP contribution in [0.1, 0.15) is 26.7 Å². The Balaban J connectivity index is 2.13. The number of hydrogen-bond donors (Lipinski definition) is 1. The first-order valence-corrected chi connectivity index (χ1v) is 4.17. The summed E-state index contributed by atoms with van der Waals surface area (Å²) in [5, 5.41) is 6.60. The van der Waals surface area contributed by atoms with Crippen molar-refractivity contribution in [2.24, 2.45) is 5.92 Å². The van der Waals surface area contributed by atoms with Crippen LogP contribution in [0, 0.1) is 5.92 Å². The van der Waals surface area contributed by atoms with Crippen LogP contribution < -0.4 is 10.6 Å². The van der Waals surface area contributed by atoms with E-state index < -0.39 is 0 Å². The number of hydrogen-bond acceptors (Lipinski definition) is 1. The van der Waals surface area contributed by atoms with Crippen molar-refractivity contribution < 1.29 is 4.79 Å². The molecule has 0 saturated carbocycles. The average molecular weight is 155 g/mol. The monoisotopic (exact) mass is 155 g/mol. The Morgan fingerprint density at radius 3 is 2.91 bits per heavy atom. The molecule has 1 atom stereocenters. The highest BCUT2D eigenvalue weighted by Gasteiger charge is 2.21. The molecule has 3 nitrogen and oxygen atoms in total. The van der Waals surface area contributed by atoms with Gasteiger partial charge in [-0.15, -0.1) is 0 Å². The van der Waals surface area contributed by atoms with Crippen LogP contribution in [-0.2, 0) is 0 Å². The maximum Gasteiger partial charge on any atom is 0.336 e. The second-order valence-electron chi connectivity index (χ2n) is 3.44. The summed E-state index contributed by atoms with van der Waals surface area (Å²) in [5.74, 6) is 0.709. The molecule has 1 rings (SSSR count). The second kappa shape index (κ2) is 3.60. The van der Waals surface area contributed by atoms with Crippen LogP contribution in [-0.4, -0.2) is 18.6 Å². The highest BCUT2D eigenvalue weighted by molar-refractivity contribution is 5.76. The number of amides is 2. The quantitative estimate of drug-likeness (QED) is 0.652. The number of carbonyl (C=O) groups is 1. The van der Waals surface area contributed by atoms with Crippen molar-refractivity contribution >= 4 is 6.03 Å². The first kappa shape index (κ1) is 8.37. The Morgan fingerprint density at radius 1 is 1.73 bits per heavy atom. The van der Waals surface area contributed by atoms with Crippen LogP contribution in [0.2, 0.25) is 0 Å². The molecule has 1 heterocycles. The number of nitrogens with one attached hydrogen (secondary N) is 1. The number of carbonyl (C=O) groups excluding carboxylic acids is 1. The zero-order valence-electron chi connectivity index (χ0n) is 7.13. The molecule has 1 fully saturated rings. The largest absolute Gasteiger partial charge is 0.336 e. The standard InChI is InChI=1S/C8H15N2O/c1-6(2)3-4-7-5-9-8(11)10-7/h6-7H,3-5H2,1-2H3,(H,9,11). The summed E-state index contributed by atoms with van der Waals surface area (Å²) < 4.78 is 0. The lowest BCUT2D eigenvalue weighted by Crippen LogP contribution is -2.19. The summed E-state index contributed by atoms with van der Waals surface area (Å²) in [7, 11) is 0. The lowest BCUT2D eigenvalue weighted by atomic mass is 10.0. The van der Waals surface area contributed by atoms with E-state index >= 15 is 0 Å². The van der Waals surface area contributed by atoms with Crippen molar-refractivity contribution in [1.82, 2.24) is 10.6 Å². The molecule has 3 heteroatoms. The molecule has 0 spiro atoms. The number of rotatable bonds is 3. The normalized spacial score (nSPS) is 23.5. The highest BCUT2D eigenvalue weighted by Crippen LogP contribution is 2.08. The Morgan fingerprint density at radius 2 is 2.45 bits per heavy atom. The van der Waals surface area contributed by atoms with Crippen LogP contribution in [0.5, 0.6) is 0 Å². The highest BCUT2D eigenvalue weighted by atomic mass is 16.2. The molecular weight excluding hydrogens is 140 g/mol. The molecular formula is C8H15N2O. The maximum atomic E-state index is 10.6. The van der Waals surface area contributed by atoms with E-state index in [2.05, 4.69) is 24.5 Å². The van der Waals surface area contributed by atoms with E-state index in [1.807, 2.05) is 0 Å². The first-order valence-electron chi connectivity index (χ1n) is 4.17. The third-order valence-corrected chi connectivity index (χ3v) is 1.87. The fraction of sp³-hybridized carbons (Fsp3) is 0.875. The van der Waals surface area contributed by atoms with Gasteiger partial charge in [0.1, 0.15) is 0 Å². The molecule has 1 aliphatic heterocycles. The van der Waals surface area contributed by atoms with Gasteiger partial charge in [-0.05, 0) is 18.8 Å². The van der Waals surface area contributed by atoms with E-state index in [1.165, 1.54) is 0 Å². The third-order valence-electron chi connectivity index (χ3n) is 1.87. The van der Waals surface area contributed by atoms with Crippen LogP contribution in [0.3, 0.4) is 0 Å². The van der Waals surface area contributed by atoms with Gasteiger partial charge < -0.3 is 5.32 Å². The van der Waals surface area contributed by atoms with Crippen LogP contribution in [0.25, 0.3) is 0 Å². The fourth-order valence-corrected chi connectivity index (χ4v) is 1.15. The zero-order chi connectivity index (χ0) is 8.27. The zero-order valence-corrected chi connectivity index (χ0v) is 7.13. The molecule has 1 saturated heterocycles. The molecule has 0 aromatic carbocycles. The molecule has 63 valence electrons. The summed E-state index contributed by atoms with van der Waals surface area (Å²) >= 11 is 0. The molecule has 1 radical (unpaired) electrons. The molecule has 0 bridgehead atoms. The van der Waals surface area contributed by atoms with Crippen molar-refractivity contribution in [2.75, 3.05) is 6.54 Å². The fourth-order valence-electron chi connectivity index (χ4n) is 1.15. The Hall–Kier alpha value is -0.730. The molecule has 11 heavy (non-hydrogen) atoms. The molecule has 1 aliphatic rings. The summed E-state index contributed by atoms with van der Waals surface area (Å²) in [4.78, 5) is 10.6. The maximum absolute atomic E-state index is 10.6. The number of nitrogens with zero attached hydrogens (tertiary/aromatic N) is 1. The van der Waals surface area contributed by atoms with Gasteiger partial charge in [-0.3, -0.25) is 0 Å². The van der Waals surface area contributed by atoms with E-state index in [1.54, 1.807) is 0 Å². The van der Waals surface area contributed by atoms with E-state index in [0.29, 0.717) is 5.92 Å². The van der Waals surface area contributed by atoms with Crippen LogP contribution in [0.15, 0.2) is 0 Å². The minimum atomic E-state index is -0.140. The summed E-state index contributed by atoms with van der Waals surface area (Å²) in [6.45, 7) is 5.11. The lowest BCUT2D eigenvalue weighted by Gasteiger charge is -2.07. The molecule has 0 aliphatic carbocycles. The van der Waals surface area contributed by atoms with E-state index in [-0.39, 0.29) is 12.1 Å². The van der Waals surface area contributed by atoms with Gasteiger partial charge >= 0.3 is 6.03 Å². The molecule has 1 unspecified atom stereocenters. The van der Waals surface area contributed by atoms with Crippen LogP contribution >= 0.6 is 0 Å². The Labute approximate surface area is 67.5 Å². The average Bonchev–Trinajstić information content (AvgIpc) is 2.31. The second-order valence-corrected chi connectivity index (χ2v) is 3.44. The first-order chi connectivity index (χ1) is 5.18. The minimum Gasteiger partial charge on any atom is -0.334 e. The molecule has 0 aromatic rings. The molecule has 0 aromatic heterocycles. The van der Waals surface area contributed by atoms with Crippen molar-refractivity contribution in [3.63, 3.8) is 0 Å². The minimum absolute atomic E-state index is 0.140. The Bertz CT molecular complexity index is 145. The van der Waals surface area contributed by atoms with E-state index in [0.717, 1.165) is 19.4 Å². The van der Waals surface area contributed by atoms with Crippen molar-refractivity contribution in [2.45, 2.75) is 32.7 Å². The SMILES string of the molecule is CC(C)CCC1CNC(=O)[N]1. The van der Waals surface area contributed by atoms with Gasteiger partial charge in [-0.25, -0.2) is 10.1 Å². The predicted octanol–water partition coefficient (Wildman–Crippen LogP) is 1.12. The predicted molar refractivity (Wildman–Crippen MR) is 43.4 cm³/mol. The van der Waals surface area contributed by atoms with Gasteiger partial charge in [0.05, 0.1) is 6.04 Å². The van der Waals surface area contributed by atoms with E-state index in [9.17, 15) is 4.79 Å². The van der Waals surface area contributed by atoms with Gasteiger partial charge in [-0.2, -0.15) is 0 Å². The topological polar surface area (TPSA) is 43.2 Å². The van der Waals surface area contributed by atoms with Gasteiger partial charge in [-0.1, -0.05) is 13.8 Å². The van der Waals surface area contributed by atoms with Gasteiger partial charge in [0, 0.05) is 6.54 Å². The smallest absolute Gasteiger partial charge is 0.334 e. The van der Waals surface area contributed by atoms with Gasteiger partial charge in [0.25, 0.3) is 0 Å². The van der Waals surface area contributed by atoms with Crippen LogP contribution in [0.4, 0.5) is 4.79 Å². The Kier molecular flexibility index (Phi) is 2.74. The third kappa shape index (κ3) is 2.78. The van der Waals surface area contributed by atoms with Crippen molar-refractivity contribution in [1.29, 1.82) is 0 Å². The summed E-state index contributed by atoms with van der Waals surface area (Å²) in [6, 6.07) is 0.101. The summed E-state index contributed by atoms with van der Waals surface area (Å²) in [5.41, 5.74) is 0. The summed E-state index contributed by atoms with van der Waals surface area (Å²) in [6.07, 6.45) is 2.19. The van der Waals surface area contributed by atoms with Crippen molar-refractivity contribution in [3.05, 3.63) is 0 Å². The lowest BCUT2D eigenvalue weighted by molar-refractivity contribution is 0.246.